The largest absolute Gasteiger partial charge is 0.454 e. The number of nitrogens with one attached hydrogen (secondary N) is 2. The van der Waals surface area contributed by atoms with Crippen LogP contribution in [0, 0.1) is 0 Å². The van der Waals surface area contributed by atoms with Gasteiger partial charge in [-0.2, -0.15) is 0 Å². The fraction of sp³-hybridized carbons (Fsp3) is 0.0435. The summed E-state index contributed by atoms with van der Waals surface area (Å²) >= 11 is 3.37. The highest BCUT2D eigenvalue weighted by molar-refractivity contribution is 9.10. The van der Waals surface area contributed by atoms with Crippen molar-refractivity contribution >= 4 is 39.5 Å². The summed E-state index contributed by atoms with van der Waals surface area (Å²) in [7, 11) is 0. The molecule has 0 radical (unpaired) electrons. The van der Waals surface area contributed by atoms with Gasteiger partial charge in [-0.3, -0.25) is 9.59 Å². The van der Waals surface area contributed by atoms with E-state index >= 15 is 0 Å². The van der Waals surface area contributed by atoms with Crippen molar-refractivity contribution in [1.82, 2.24) is 5.32 Å². The molecule has 1 aliphatic rings. The highest BCUT2D eigenvalue weighted by Gasteiger charge is 2.18. The minimum atomic E-state index is -0.445. The standard InChI is InChI=1S/C23H17BrN2O4/c24-18-9-5-4-8-17(18)22(27)26-19(23(28)25-16-6-2-1-3-7-16)12-15-10-11-20-21(13-15)30-14-29-20/h1-13H,14H2,(H,25,28)(H,26,27)/b19-12+. The molecule has 4 rings (SSSR count). The Morgan fingerprint density at radius 1 is 0.900 bits per heavy atom. The van der Waals surface area contributed by atoms with Gasteiger partial charge in [0.25, 0.3) is 11.8 Å². The molecule has 0 saturated heterocycles. The maximum Gasteiger partial charge on any atom is 0.272 e. The number of para-hydroxylation sites is 1. The SMILES string of the molecule is O=C(Nc1ccccc1)/C(=C\c1ccc2c(c1)OCO2)NC(=O)c1ccccc1Br. The van der Waals surface area contributed by atoms with Crippen molar-refractivity contribution in [3.8, 4) is 11.5 Å². The Kier molecular flexibility index (Phi) is 5.81. The summed E-state index contributed by atoms with van der Waals surface area (Å²) in [4.78, 5) is 25.7. The van der Waals surface area contributed by atoms with Gasteiger partial charge >= 0.3 is 0 Å². The Hall–Kier alpha value is -3.58. The molecule has 0 atom stereocenters. The lowest BCUT2D eigenvalue weighted by molar-refractivity contribution is -0.113. The van der Waals surface area contributed by atoms with E-state index in [1.807, 2.05) is 24.3 Å². The smallest absolute Gasteiger partial charge is 0.272 e. The number of ether oxygens (including phenoxy) is 2. The van der Waals surface area contributed by atoms with E-state index in [0.29, 0.717) is 32.8 Å². The normalized spacial score (nSPS) is 12.4. The maximum absolute atomic E-state index is 12.9. The molecule has 0 fully saturated rings. The molecule has 30 heavy (non-hydrogen) atoms. The first-order valence-corrected chi connectivity index (χ1v) is 9.93. The zero-order chi connectivity index (χ0) is 20.9. The molecule has 0 spiro atoms. The molecule has 1 aliphatic heterocycles. The van der Waals surface area contributed by atoms with Crippen LogP contribution in [0.5, 0.6) is 11.5 Å². The van der Waals surface area contributed by atoms with E-state index in [2.05, 4.69) is 26.6 Å². The molecule has 3 aromatic rings. The van der Waals surface area contributed by atoms with E-state index in [1.165, 1.54) is 0 Å². The Morgan fingerprint density at radius 2 is 1.63 bits per heavy atom. The average Bonchev–Trinajstić information content (AvgIpc) is 3.22. The van der Waals surface area contributed by atoms with Gasteiger partial charge in [0.1, 0.15) is 5.70 Å². The number of amides is 2. The van der Waals surface area contributed by atoms with Crippen molar-refractivity contribution < 1.29 is 19.1 Å². The highest BCUT2D eigenvalue weighted by Crippen LogP contribution is 2.33. The van der Waals surface area contributed by atoms with Crippen LogP contribution in [0.2, 0.25) is 0 Å². The molecule has 0 unspecified atom stereocenters. The fourth-order valence-corrected chi connectivity index (χ4v) is 3.35. The van der Waals surface area contributed by atoms with Crippen LogP contribution in [-0.2, 0) is 4.79 Å². The predicted octanol–water partition coefficient (Wildman–Crippen LogP) is 4.59. The molecule has 0 bridgehead atoms. The molecular weight excluding hydrogens is 448 g/mol. The summed E-state index contributed by atoms with van der Waals surface area (Å²) in [6.45, 7) is 0.155. The predicted molar refractivity (Wildman–Crippen MR) is 117 cm³/mol. The van der Waals surface area contributed by atoms with E-state index < -0.39 is 11.8 Å². The highest BCUT2D eigenvalue weighted by atomic mass is 79.9. The van der Waals surface area contributed by atoms with Gasteiger partial charge in [-0.1, -0.05) is 36.4 Å². The summed E-state index contributed by atoms with van der Waals surface area (Å²) < 4.78 is 11.4. The lowest BCUT2D eigenvalue weighted by Crippen LogP contribution is -2.31. The third-order valence-electron chi connectivity index (χ3n) is 4.35. The fourth-order valence-electron chi connectivity index (χ4n) is 2.88. The van der Waals surface area contributed by atoms with Crippen molar-refractivity contribution in [3.05, 3.63) is 94.1 Å². The van der Waals surface area contributed by atoms with Gasteiger partial charge in [0.05, 0.1) is 5.56 Å². The first kappa shape index (κ1) is 19.7. The number of benzene rings is 3. The van der Waals surface area contributed by atoms with Gasteiger partial charge < -0.3 is 20.1 Å². The van der Waals surface area contributed by atoms with Crippen LogP contribution in [-0.4, -0.2) is 18.6 Å². The lowest BCUT2D eigenvalue weighted by atomic mass is 10.1. The molecule has 0 aliphatic carbocycles. The second-order valence-electron chi connectivity index (χ2n) is 6.42. The number of hydrogen-bond acceptors (Lipinski definition) is 4. The Bertz CT molecular complexity index is 1130. The lowest BCUT2D eigenvalue weighted by Gasteiger charge is -2.12. The summed E-state index contributed by atoms with van der Waals surface area (Å²) in [5.74, 6) is 0.375. The molecule has 1 heterocycles. The van der Waals surface area contributed by atoms with Crippen LogP contribution < -0.4 is 20.1 Å². The van der Waals surface area contributed by atoms with Crippen LogP contribution in [0.15, 0.2) is 83.0 Å². The number of carbonyl (C=O) groups is 2. The van der Waals surface area contributed by atoms with E-state index in [-0.39, 0.29) is 12.5 Å². The minimum absolute atomic E-state index is 0.0958. The number of rotatable bonds is 5. The topological polar surface area (TPSA) is 76.7 Å². The summed E-state index contributed by atoms with van der Waals surface area (Å²) in [6, 6.07) is 21.3. The van der Waals surface area contributed by atoms with Crippen LogP contribution in [0.4, 0.5) is 5.69 Å². The van der Waals surface area contributed by atoms with Crippen molar-refractivity contribution in [3.63, 3.8) is 0 Å². The first-order valence-electron chi connectivity index (χ1n) is 9.14. The maximum atomic E-state index is 12.9. The number of carbonyl (C=O) groups excluding carboxylic acids is 2. The van der Waals surface area contributed by atoms with Gasteiger partial charge in [-0.05, 0) is 64.0 Å². The molecule has 0 saturated carbocycles. The number of anilines is 1. The first-order chi connectivity index (χ1) is 14.6. The second-order valence-corrected chi connectivity index (χ2v) is 7.28. The van der Waals surface area contributed by atoms with Crippen molar-refractivity contribution in [2.45, 2.75) is 0 Å². The van der Waals surface area contributed by atoms with Crippen molar-refractivity contribution in [1.29, 1.82) is 0 Å². The minimum Gasteiger partial charge on any atom is -0.454 e. The third kappa shape index (κ3) is 4.52. The van der Waals surface area contributed by atoms with E-state index in [4.69, 9.17) is 9.47 Å². The van der Waals surface area contributed by atoms with Crippen molar-refractivity contribution in [2.75, 3.05) is 12.1 Å². The number of halogens is 1. The van der Waals surface area contributed by atoms with Crippen LogP contribution in [0.25, 0.3) is 6.08 Å². The third-order valence-corrected chi connectivity index (χ3v) is 5.04. The van der Waals surface area contributed by atoms with Crippen LogP contribution in [0.1, 0.15) is 15.9 Å². The molecule has 3 aromatic carbocycles. The zero-order valence-electron chi connectivity index (χ0n) is 15.7. The summed E-state index contributed by atoms with van der Waals surface area (Å²) in [5, 5.41) is 5.51. The molecular formula is C23H17BrN2O4. The zero-order valence-corrected chi connectivity index (χ0v) is 17.3. The quantitative estimate of drug-likeness (QED) is 0.541. The second kappa shape index (κ2) is 8.84. The Labute approximate surface area is 181 Å². The summed E-state index contributed by atoms with van der Waals surface area (Å²) in [5.41, 5.74) is 1.82. The van der Waals surface area contributed by atoms with Gasteiger partial charge in [0.2, 0.25) is 6.79 Å². The average molecular weight is 465 g/mol. The van der Waals surface area contributed by atoms with Gasteiger partial charge in [0, 0.05) is 10.2 Å². The van der Waals surface area contributed by atoms with Gasteiger partial charge in [0.15, 0.2) is 11.5 Å². The Balaban J connectivity index is 1.64. The van der Waals surface area contributed by atoms with Gasteiger partial charge in [-0.25, -0.2) is 0 Å². The molecule has 150 valence electrons. The monoisotopic (exact) mass is 464 g/mol. The van der Waals surface area contributed by atoms with Crippen LogP contribution in [0.3, 0.4) is 0 Å². The van der Waals surface area contributed by atoms with E-state index in [0.717, 1.165) is 0 Å². The van der Waals surface area contributed by atoms with E-state index in [9.17, 15) is 9.59 Å². The molecule has 7 heteroatoms. The number of fused-ring (bicyclic) bond motifs is 1. The molecule has 2 amide bonds. The summed E-state index contributed by atoms with van der Waals surface area (Å²) in [6.07, 6.45) is 1.59. The van der Waals surface area contributed by atoms with Crippen LogP contribution >= 0.6 is 15.9 Å². The van der Waals surface area contributed by atoms with Crippen molar-refractivity contribution in [2.24, 2.45) is 0 Å². The Morgan fingerprint density at radius 3 is 2.43 bits per heavy atom. The van der Waals surface area contributed by atoms with E-state index in [1.54, 1.807) is 54.6 Å². The van der Waals surface area contributed by atoms with Gasteiger partial charge in [-0.15, -0.1) is 0 Å². The molecule has 2 N–H and O–H groups in total. The molecule has 0 aromatic heterocycles. The number of hydrogen-bond donors (Lipinski definition) is 2. The molecule has 6 nitrogen and oxygen atoms in total.